The summed E-state index contributed by atoms with van der Waals surface area (Å²) in [4.78, 5) is 20.6. The smallest absolute Gasteiger partial charge is 0.258 e. The van der Waals surface area contributed by atoms with Gasteiger partial charge in [-0.3, -0.25) is 4.79 Å². The Kier molecular flexibility index (Phi) is 10.0. The first-order valence-electron chi connectivity index (χ1n) is 13.3. The fourth-order valence-electron chi connectivity index (χ4n) is 5.05. The lowest BCUT2D eigenvalue weighted by molar-refractivity contribution is 0.0926. The molecular weight excluding hydrogens is 505 g/mol. The number of hydrogen-bond donors (Lipinski definition) is 2. The number of nitrogens with zero attached hydrogens (tertiary/aromatic N) is 3. The van der Waals surface area contributed by atoms with E-state index in [0.717, 1.165) is 32.5 Å². The fourth-order valence-corrected chi connectivity index (χ4v) is 5.26. The zero-order valence-corrected chi connectivity index (χ0v) is 24.2. The number of aryl methyl sites for hydroxylation is 1. The van der Waals surface area contributed by atoms with Gasteiger partial charge in [0.25, 0.3) is 5.91 Å². The van der Waals surface area contributed by atoms with Gasteiger partial charge in [0.15, 0.2) is 5.82 Å². The minimum Gasteiger partial charge on any atom is -0.490 e. The highest BCUT2D eigenvalue weighted by atomic mass is 35.5. The number of carbonyl (C=O) groups is 1. The zero-order chi connectivity index (χ0) is 28.1. The SMILES string of the molecule is C=C(N)c1c(C)nc(C(C)c2cc(Cl)c(F)c(C(=O)NCC3CCN(CC)CC3)c2OC(C)C)n1/C=C\C. The Hall–Kier alpha value is -2.84. The molecule has 1 amide bonds. The first kappa shape index (κ1) is 29.7. The molecule has 1 aromatic heterocycles. The van der Waals surface area contributed by atoms with Crippen molar-refractivity contribution in [3.63, 3.8) is 0 Å². The first-order chi connectivity index (χ1) is 18.0. The quantitative estimate of drug-likeness (QED) is 0.394. The summed E-state index contributed by atoms with van der Waals surface area (Å²) in [6, 6.07) is 1.53. The number of benzene rings is 1. The molecule has 1 aliphatic rings. The molecule has 0 radical (unpaired) electrons. The van der Waals surface area contributed by atoms with Crippen molar-refractivity contribution in [1.29, 1.82) is 0 Å². The van der Waals surface area contributed by atoms with Gasteiger partial charge in [0.05, 0.1) is 28.2 Å². The summed E-state index contributed by atoms with van der Waals surface area (Å²) in [6.07, 6.45) is 5.40. The number of imidazole rings is 1. The van der Waals surface area contributed by atoms with E-state index in [1.165, 1.54) is 6.07 Å². The number of carbonyl (C=O) groups excluding carboxylic acids is 1. The molecule has 0 bridgehead atoms. The number of rotatable bonds is 10. The zero-order valence-electron chi connectivity index (χ0n) is 23.4. The fraction of sp³-hybridized carbons (Fsp3) is 0.517. The van der Waals surface area contributed by atoms with Gasteiger partial charge in [-0.25, -0.2) is 9.37 Å². The largest absolute Gasteiger partial charge is 0.490 e. The molecule has 7 nitrogen and oxygen atoms in total. The van der Waals surface area contributed by atoms with Crippen LogP contribution in [0.1, 0.15) is 86.5 Å². The Morgan fingerprint density at radius 2 is 2.03 bits per heavy atom. The summed E-state index contributed by atoms with van der Waals surface area (Å²) in [6.45, 7) is 18.9. The Balaban J connectivity index is 2.04. The van der Waals surface area contributed by atoms with Gasteiger partial charge in [-0.1, -0.05) is 38.1 Å². The monoisotopic (exact) mass is 545 g/mol. The second-order valence-corrected chi connectivity index (χ2v) is 10.6. The lowest BCUT2D eigenvalue weighted by Crippen LogP contribution is -2.38. The van der Waals surface area contributed by atoms with Crippen LogP contribution in [0.4, 0.5) is 4.39 Å². The van der Waals surface area contributed by atoms with Crippen LogP contribution >= 0.6 is 11.6 Å². The van der Waals surface area contributed by atoms with E-state index in [2.05, 4.69) is 23.7 Å². The van der Waals surface area contributed by atoms with Crippen molar-refractivity contribution in [1.82, 2.24) is 19.8 Å². The van der Waals surface area contributed by atoms with Crippen molar-refractivity contribution >= 4 is 29.4 Å². The van der Waals surface area contributed by atoms with Gasteiger partial charge < -0.3 is 25.3 Å². The molecule has 0 saturated carbocycles. The van der Waals surface area contributed by atoms with Crippen LogP contribution in [-0.2, 0) is 0 Å². The van der Waals surface area contributed by atoms with Crippen LogP contribution in [0, 0.1) is 18.7 Å². The summed E-state index contributed by atoms with van der Waals surface area (Å²) >= 11 is 6.38. The van der Waals surface area contributed by atoms with E-state index in [1.807, 2.05) is 51.5 Å². The average molecular weight is 546 g/mol. The molecule has 1 fully saturated rings. The first-order valence-corrected chi connectivity index (χ1v) is 13.7. The van der Waals surface area contributed by atoms with Gasteiger partial charge in [0, 0.05) is 24.2 Å². The normalized spacial score (nSPS) is 15.8. The highest BCUT2D eigenvalue weighted by molar-refractivity contribution is 6.31. The lowest BCUT2D eigenvalue weighted by Gasteiger charge is -2.31. The molecule has 9 heteroatoms. The molecule has 38 heavy (non-hydrogen) atoms. The number of nitrogens with one attached hydrogen (secondary N) is 1. The van der Waals surface area contributed by atoms with E-state index in [9.17, 15) is 4.79 Å². The molecule has 3 rings (SSSR count). The molecule has 1 atom stereocenters. The summed E-state index contributed by atoms with van der Waals surface area (Å²) < 4.78 is 23.5. The van der Waals surface area contributed by atoms with Gasteiger partial charge in [-0.15, -0.1) is 0 Å². The van der Waals surface area contributed by atoms with Crippen LogP contribution in [-0.4, -0.2) is 52.6 Å². The van der Waals surface area contributed by atoms with Crippen molar-refractivity contribution in [2.75, 3.05) is 26.2 Å². The Bertz CT molecular complexity index is 1200. The minimum atomic E-state index is -0.791. The van der Waals surface area contributed by atoms with E-state index < -0.39 is 17.6 Å². The van der Waals surface area contributed by atoms with E-state index in [-0.39, 0.29) is 22.4 Å². The maximum absolute atomic E-state index is 15.5. The minimum absolute atomic E-state index is 0.145. The second kappa shape index (κ2) is 12.8. The summed E-state index contributed by atoms with van der Waals surface area (Å²) in [5.41, 5.74) is 8.25. The van der Waals surface area contributed by atoms with Crippen molar-refractivity contribution in [3.8, 4) is 5.75 Å². The highest BCUT2D eigenvalue weighted by Crippen LogP contribution is 2.40. The number of hydrogen-bond acceptors (Lipinski definition) is 5. The number of aromatic nitrogens is 2. The number of amides is 1. The molecule has 0 spiro atoms. The molecule has 1 unspecified atom stereocenters. The van der Waals surface area contributed by atoms with Crippen LogP contribution in [0.25, 0.3) is 11.9 Å². The van der Waals surface area contributed by atoms with Crippen molar-refractivity contribution < 1.29 is 13.9 Å². The van der Waals surface area contributed by atoms with Gasteiger partial charge in [-0.05, 0) is 72.2 Å². The topological polar surface area (TPSA) is 85.4 Å². The average Bonchev–Trinajstić information content (AvgIpc) is 3.20. The molecule has 2 heterocycles. The number of halogens is 2. The number of likely N-dealkylation sites (tertiary alicyclic amines) is 1. The number of piperidine rings is 1. The van der Waals surface area contributed by atoms with Gasteiger partial charge in [0.2, 0.25) is 0 Å². The van der Waals surface area contributed by atoms with Crippen LogP contribution in [0.2, 0.25) is 5.02 Å². The van der Waals surface area contributed by atoms with Crippen molar-refractivity contribution in [2.45, 2.75) is 66.4 Å². The van der Waals surface area contributed by atoms with E-state index >= 15 is 4.39 Å². The third kappa shape index (κ3) is 6.41. The van der Waals surface area contributed by atoms with E-state index in [0.29, 0.717) is 40.9 Å². The lowest BCUT2D eigenvalue weighted by atomic mass is 9.94. The maximum Gasteiger partial charge on any atom is 0.258 e. The van der Waals surface area contributed by atoms with E-state index in [4.69, 9.17) is 27.1 Å². The van der Waals surface area contributed by atoms with Gasteiger partial charge >= 0.3 is 0 Å². The number of allylic oxidation sites excluding steroid dienone is 1. The molecule has 3 N–H and O–H groups in total. The summed E-state index contributed by atoms with van der Waals surface area (Å²) in [5.74, 6) is -0.566. The third-order valence-corrected chi connectivity index (χ3v) is 7.33. The Morgan fingerprint density at radius 1 is 1.37 bits per heavy atom. The number of nitrogens with two attached hydrogens (primary N) is 1. The number of ether oxygens (including phenoxy) is 1. The van der Waals surface area contributed by atoms with Crippen molar-refractivity contribution in [2.24, 2.45) is 11.7 Å². The molecule has 1 saturated heterocycles. The van der Waals surface area contributed by atoms with Crippen molar-refractivity contribution in [3.05, 3.63) is 57.9 Å². The van der Waals surface area contributed by atoms with Crippen LogP contribution < -0.4 is 15.8 Å². The summed E-state index contributed by atoms with van der Waals surface area (Å²) in [7, 11) is 0. The Labute approximate surface area is 230 Å². The maximum atomic E-state index is 15.5. The van der Waals surface area contributed by atoms with Crippen LogP contribution in [0.5, 0.6) is 5.75 Å². The molecule has 1 aromatic carbocycles. The van der Waals surface area contributed by atoms with Crippen LogP contribution in [0.15, 0.2) is 18.7 Å². The molecule has 208 valence electrons. The third-order valence-electron chi connectivity index (χ3n) is 7.06. The highest BCUT2D eigenvalue weighted by Gasteiger charge is 2.31. The predicted molar refractivity (Wildman–Crippen MR) is 153 cm³/mol. The Morgan fingerprint density at radius 3 is 2.58 bits per heavy atom. The molecular formula is C29H41ClFN5O2. The molecule has 1 aliphatic heterocycles. The van der Waals surface area contributed by atoms with Gasteiger partial charge in [-0.2, -0.15) is 0 Å². The van der Waals surface area contributed by atoms with Gasteiger partial charge in [0.1, 0.15) is 17.1 Å². The van der Waals surface area contributed by atoms with Crippen LogP contribution in [0.3, 0.4) is 0 Å². The molecule has 2 aromatic rings. The standard InChI is InChI=1S/C29H41ClFN5O2/c1-8-12-36-26(19(6)32)20(7)34-28(36)18(5)22-15-23(30)25(31)24(27(22)38-17(3)4)29(37)33-16-21-10-13-35(9-2)14-11-21/h8,12,15,17-18,21H,6,9-11,13-14,16,32H2,1-5,7H3,(H,33,37)/b12-8-. The second-order valence-electron chi connectivity index (χ2n) is 10.2. The predicted octanol–water partition coefficient (Wildman–Crippen LogP) is 5.80. The summed E-state index contributed by atoms with van der Waals surface area (Å²) in [5, 5.41) is 2.81. The molecule has 0 aliphatic carbocycles. The van der Waals surface area contributed by atoms with E-state index in [1.54, 1.807) is 0 Å².